The van der Waals surface area contributed by atoms with Crippen molar-refractivity contribution >= 4 is 45.6 Å². The number of benzene rings is 1. The Bertz CT molecular complexity index is 421. The Morgan fingerprint density at radius 1 is 1.15 bits per heavy atom. The molecule has 1 rings (SSSR count). The zero-order valence-electron chi connectivity index (χ0n) is 12.5. The Morgan fingerprint density at radius 3 is 2.55 bits per heavy atom. The van der Waals surface area contributed by atoms with Gasteiger partial charge in [0.2, 0.25) is 0 Å². The fourth-order valence-corrected chi connectivity index (χ4v) is 2.90. The summed E-state index contributed by atoms with van der Waals surface area (Å²) >= 11 is 7.64. The summed E-state index contributed by atoms with van der Waals surface area (Å²) < 4.78 is 1.25. The lowest BCUT2D eigenvalue weighted by atomic mass is 10.1. The summed E-state index contributed by atoms with van der Waals surface area (Å²) in [5.74, 6) is 0. The molecule has 2 N–H and O–H groups in total. The summed E-state index contributed by atoms with van der Waals surface area (Å²) in [4.78, 5) is 0. The van der Waals surface area contributed by atoms with Gasteiger partial charge in [-0.2, -0.15) is 0 Å². The van der Waals surface area contributed by atoms with Crippen LogP contribution in [-0.2, 0) is 0 Å². The van der Waals surface area contributed by atoms with Gasteiger partial charge in [-0.25, -0.2) is 0 Å². The first-order valence-electron chi connectivity index (χ1n) is 7.44. The van der Waals surface area contributed by atoms with Crippen LogP contribution in [0.4, 0.5) is 5.69 Å². The first kappa shape index (κ1) is 17.7. The third kappa shape index (κ3) is 7.43. The van der Waals surface area contributed by atoms with Crippen LogP contribution in [0.5, 0.6) is 0 Å². The van der Waals surface area contributed by atoms with E-state index in [0.717, 1.165) is 17.3 Å². The van der Waals surface area contributed by atoms with Crippen LogP contribution >= 0.6 is 34.8 Å². The molecular formula is C16H25IN2S. The van der Waals surface area contributed by atoms with Crippen LogP contribution < -0.4 is 10.6 Å². The van der Waals surface area contributed by atoms with E-state index in [-0.39, 0.29) is 0 Å². The molecule has 4 heteroatoms. The van der Waals surface area contributed by atoms with Crippen molar-refractivity contribution in [2.24, 2.45) is 0 Å². The van der Waals surface area contributed by atoms with E-state index in [4.69, 9.17) is 12.2 Å². The number of halogens is 1. The van der Waals surface area contributed by atoms with E-state index in [9.17, 15) is 0 Å². The number of hydrogen-bond acceptors (Lipinski definition) is 1. The van der Waals surface area contributed by atoms with Crippen molar-refractivity contribution in [3.63, 3.8) is 0 Å². The molecule has 0 saturated carbocycles. The number of unbranched alkanes of at least 4 members (excludes halogenated alkanes) is 5. The van der Waals surface area contributed by atoms with Gasteiger partial charge in [-0.3, -0.25) is 0 Å². The molecule has 2 nitrogen and oxygen atoms in total. The van der Waals surface area contributed by atoms with Gasteiger partial charge in [0.1, 0.15) is 0 Å². The van der Waals surface area contributed by atoms with Crippen molar-refractivity contribution < 1.29 is 0 Å². The molecule has 0 amide bonds. The molecule has 0 aliphatic rings. The molecule has 1 aromatic rings. The fourth-order valence-electron chi connectivity index (χ4n) is 2.04. The quantitative estimate of drug-likeness (QED) is 0.352. The van der Waals surface area contributed by atoms with E-state index < -0.39 is 0 Å². The van der Waals surface area contributed by atoms with Gasteiger partial charge >= 0.3 is 0 Å². The first-order valence-corrected chi connectivity index (χ1v) is 8.93. The highest BCUT2D eigenvalue weighted by atomic mass is 127. The molecule has 0 aromatic heterocycles. The number of nitrogens with one attached hydrogen (secondary N) is 2. The number of aryl methyl sites for hydroxylation is 1. The molecular weight excluding hydrogens is 379 g/mol. The minimum Gasteiger partial charge on any atom is -0.362 e. The second kappa shape index (κ2) is 10.4. The summed E-state index contributed by atoms with van der Waals surface area (Å²) in [6.45, 7) is 5.31. The van der Waals surface area contributed by atoms with Crippen molar-refractivity contribution in [3.8, 4) is 0 Å². The molecule has 1 aromatic carbocycles. The van der Waals surface area contributed by atoms with E-state index in [1.165, 1.54) is 47.7 Å². The van der Waals surface area contributed by atoms with Gasteiger partial charge in [-0.1, -0.05) is 39.0 Å². The van der Waals surface area contributed by atoms with E-state index in [0.29, 0.717) is 0 Å². The number of anilines is 1. The molecule has 0 saturated heterocycles. The third-order valence-electron chi connectivity index (χ3n) is 3.25. The average Bonchev–Trinajstić information content (AvgIpc) is 2.41. The number of hydrogen-bond donors (Lipinski definition) is 2. The minimum atomic E-state index is 0.725. The van der Waals surface area contributed by atoms with E-state index in [2.05, 4.69) is 65.3 Å². The Morgan fingerprint density at radius 2 is 1.85 bits per heavy atom. The van der Waals surface area contributed by atoms with Crippen LogP contribution in [0.15, 0.2) is 18.2 Å². The zero-order chi connectivity index (χ0) is 14.8. The summed E-state index contributed by atoms with van der Waals surface area (Å²) in [5.41, 5.74) is 2.31. The third-order valence-corrected chi connectivity index (χ3v) is 4.17. The van der Waals surface area contributed by atoms with Crippen molar-refractivity contribution in [2.75, 3.05) is 11.9 Å². The van der Waals surface area contributed by atoms with Gasteiger partial charge in [0.05, 0.1) is 0 Å². The highest BCUT2D eigenvalue weighted by Gasteiger charge is 2.01. The van der Waals surface area contributed by atoms with E-state index in [1.54, 1.807) is 0 Å². The highest BCUT2D eigenvalue weighted by molar-refractivity contribution is 14.1. The van der Waals surface area contributed by atoms with Crippen LogP contribution in [-0.4, -0.2) is 11.7 Å². The average molecular weight is 404 g/mol. The SMILES string of the molecule is CCCCCCCCNC(=S)Nc1ccc(I)cc1C. The van der Waals surface area contributed by atoms with Crippen LogP contribution in [0.25, 0.3) is 0 Å². The number of rotatable bonds is 8. The second-order valence-corrected chi connectivity index (χ2v) is 6.76. The van der Waals surface area contributed by atoms with Crippen molar-refractivity contribution in [3.05, 3.63) is 27.3 Å². The molecule has 112 valence electrons. The molecule has 0 bridgehead atoms. The summed E-state index contributed by atoms with van der Waals surface area (Å²) in [7, 11) is 0. The maximum atomic E-state index is 5.32. The van der Waals surface area contributed by atoms with Crippen LogP contribution in [0.2, 0.25) is 0 Å². The standard InChI is InChI=1S/C16H25IN2S/c1-3-4-5-6-7-8-11-18-16(20)19-15-10-9-14(17)12-13(15)2/h9-10,12H,3-8,11H2,1-2H3,(H2,18,19,20). The monoisotopic (exact) mass is 404 g/mol. The normalized spacial score (nSPS) is 10.3. The van der Waals surface area contributed by atoms with E-state index >= 15 is 0 Å². The van der Waals surface area contributed by atoms with Crippen molar-refractivity contribution in [1.29, 1.82) is 0 Å². The van der Waals surface area contributed by atoms with Crippen LogP contribution in [0.3, 0.4) is 0 Å². The lowest BCUT2D eigenvalue weighted by molar-refractivity contribution is 0.603. The van der Waals surface area contributed by atoms with Crippen molar-refractivity contribution in [2.45, 2.75) is 52.4 Å². The van der Waals surface area contributed by atoms with Gasteiger partial charge in [0.15, 0.2) is 5.11 Å². The molecule has 0 atom stereocenters. The molecule has 0 radical (unpaired) electrons. The molecule has 0 aliphatic carbocycles. The maximum absolute atomic E-state index is 5.32. The Balaban J connectivity index is 2.17. The lowest BCUT2D eigenvalue weighted by Gasteiger charge is -2.12. The van der Waals surface area contributed by atoms with E-state index in [1.807, 2.05) is 0 Å². The molecule has 0 unspecified atom stereocenters. The maximum Gasteiger partial charge on any atom is 0.170 e. The van der Waals surface area contributed by atoms with Crippen molar-refractivity contribution in [1.82, 2.24) is 5.32 Å². The van der Waals surface area contributed by atoms with Gasteiger partial charge < -0.3 is 10.6 Å². The highest BCUT2D eigenvalue weighted by Crippen LogP contribution is 2.17. The smallest absolute Gasteiger partial charge is 0.170 e. The first-order chi connectivity index (χ1) is 9.63. The van der Waals surface area contributed by atoms with Gasteiger partial charge in [-0.05, 0) is 71.9 Å². The van der Waals surface area contributed by atoms with Crippen LogP contribution in [0, 0.1) is 10.5 Å². The van der Waals surface area contributed by atoms with Gasteiger partial charge in [0.25, 0.3) is 0 Å². The Kier molecular flexibility index (Phi) is 9.18. The fraction of sp³-hybridized carbons (Fsp3) is 0.562. The molecule has 0 heterocycles. The molecule has 0 aliphatic heterocycles. The summed E-state index contributed by atoms with van der Waals surface area (Å²) in [6.07, 6.45) is 7.85. The molecule has 0 fully saturated rings. The van der Waals surface area contributed by atoms with Crippen LogP contribution in [0.1, 0.15) is 51.0 Å². The topological polar surface area (TPSA) is 24.1 Å². The lowest BCUT2D eigenvalue weighted by Crippen LogP contribution is -2.29. The predicted octanol–water partition coefficient (Wildman–Crippen LogP) is 5.25. The Labute approximate surface area is 142 Å². The number of thiocarbonyl (C=S) groups is 1. The Hall–Kier alpha value is -0.360. The minimum absolute atomic E-state index is 0.725. The largest absolute Gasteiger partial charge is 0.362 e. The molecule has 0 spiro atoms. The summed E-state index contributed by atoms with van der Waals surface area (Å²) in [5, 5.41) is 7.27. The van der Waals surface area contributed by atoms with Gasteiger partial charge in [0, 0.05) is 15.8 Å². The zero-order valence-corrected chi connectivity index (χ0v) is 15.4. The predicted molar refractivity (Wildman–Crippen MR) is 101 cm³/mol. The molecule has 20 heavy (non-hydrogen) atoms. The van der Waals surface area contributed by atoms with Gasteiger partial charge in [-0.15, -0.1) is 0 Å². The summed E-state index contributed by atoms with van der Waals surface area (Å²) in [6, 6.07) is 6.32. The second-order valence-electron chi connectivity index (χ2n) is 5.11.